The van der Waals surface area contributed by atoms with Crippen LogP contribution in [0.5, 0.6) is 0 Å². The van der Waals surface area contributed by atoms with Crippen molar-refractivity contribution in [1.29, 1.82) is 0 Å². The summed E-state index contributed by atoms with van der Waals surface area (Å²) in [6.07, 6.45) is 0.778. The fourth-order valence-electron chi connectivity index (χ4n) is 1.80. The number of Topliss-reactive ketones (excluding diaryl/α,β-unsaturated/α-hetero) is 2. The third-order valence-corrected chi connectivity index (χ3v) is 3.01. The largest absolute Gasteiger partial charge is 0.388 e. The molecule has 92 valence electrons. The highest BCUT2D eigenvalue weighted by Crippen LogP contribution is 2.23. The Hall–Kier alpha value is -1.64. The Morgan fingerprint density at radius 2 is 2.00 bits per heavy atom. The smallest absolute Gasteiger partial charge is 0.166 e. The maximum Gasteiger partial charge on any atom is 0.166 e. The Morgan fingerprint density at radius 1 is 1.35 bits per heavy atom. The Morgan fingerprint density at radius 3 is 2.47 bits per heavy atom. The molecule has 0 amide bonds. The second-order valence-corrected chi connectivity index (χ2v) is 4.21. The minimum Gasteiger partial charge on any atom is -0.388 e. The molecule has 0 saturated carbocycles. The third-order valence-electron chi connectivity index (χ3n) is 3.01. The van der Waals surface area contributed by atoms with E-state index in [1.165, 1.54) is 6.92 Å². The number of anilines is 1. The first-order valence-electron chi connectivity index (χ1n) is 5.88. The molecular formula is C14H19NO2. The molecule has 3 heteroatoms. The fourth-order valence-corrected chi connectivity index (χ4v) is 1.80. The lowest BCUT2D eigenvalue weighted by atomic mass is 9.91. The summed E-state index contributed by atoms with van der Waals surface area (Å²) in [5, 5.41) is 2.96. The van der Waals surface area contributed by atoms with Crippen LogP contribution in [0.4, 0.5) is 5.69 Å². The van der Waals surface area contributed by atoms with E-state index in [-0.39, 0.29) is 17.5 Å². The zero-order valence-corrected chi connectivity index (χ0v) is 10.8. The zero-order chi connectivity index (χ0) is 13.0. The van der Waals surface area contributed by atoms with Gasteiger partial charge in [0, 0.05) is 24.2 Å². The molecular weight excluding hydrogens is 214 g/mol. The van der Waals surface area contributed by atoms with E-state index in [0.29, 0.717) is 16.8 Å². The van der Waals surface area contributed by atoms with Crippen molar-refractivity contribution in [2.45, 2.75) is 27.2 Å². The summed E-state index contributed by atoms with van der Waals surface area (Å²) >= 11 is 0. The van der Waals surface area contributed by atoms with Crippen LogP contribution in [0, 0.1) is 5.92 Å². The summed E-state index contributed by atoms with van der Waals surface area (Å²) in [7, 11) is 1.75. The second-order valence-electron chi connectivity index (χ2n) is 4.21. The van der Waals surface area contributed by atoms with Crippen LogP contribution in [0.3, 0.4) is 0 Å². The van der Waals surface area contributed by atoms with Crippen molar-refractivity contribution >= 4 is 17.3 Å². The van der Waals surface area contributed by atoms with Gasteiger partial charge in [-0.3, -0.25) is 9.59 Å². The van der Waals surface area contributed by atoms with Gasteiger partial charge in [-0.2, -0.15) is 0 Å². The topological polar surface area (TPSA) is 46.2 Å². The van der Waals surface area contributed by atoms with Gasteiger partial charge in [-0.05, 0) is 19.4 Å². The average molecular weight is 233 g/mol. The van der Waals surface area contributed by atoms with Gasteiger partial charge in [0.1, 0.15) is 0 Å². The summed E-state index contributed by atoms with van der Waals surface area (Å²) in [6, 6.07) is 5.34. The van der Waals surface area contributed by atoms with Gasteiger partial charge in [-0.15, -0.1) is 0 Å². The molecule has 1 rings (SSSR count). The standard InChI is InChI=1S/C14H19NO2/c1-5-9(2)14(17)11-7-6-8-12(15-4)13(11)10(3)16/h6-9,15H,5H2,1-4H3. The Balaban J connectivity index is 3.33. The number of hydrogen-bond donors (Lipinski definition) is 1. The summed E-state index contributed by atoms with van der Waals surface area (Å²) < 4.78 is 0. The number of ketones is 2. The van der Waals surface area contributed by atoms with Gasteiger partial charge in [-0.1, -0.05) is 26.0 Å². The molecule has 3 nitrogen and oxygen atoms in total. The number of hydrogen-bond acceptors (Lipinski definition) is 3. The van der Waals surface area contributed by atoms with Crippen molar-refractivity contribution in [3.63, 3.8) is 0 Å². The highest BCUT2D eigenvalue weighted by Gasteiger charge is 2.20. The molecule has 0 aliphatic rings. The summed E-state index contributed by atoms with van der Waals surface area (Å²) in [4.78, 5) is 23.9. The van der Waals surface area contributed by atoms with Crippen molar-refractivity contribution in [2.75, 3.05) is 12.4 Å². The van der Waals surface area contributed by atoms with Gasteiger partial charge >= 0.3 is 0 Å². The van der Waals surface area contributed by atoms with Crippen molar-refractivity contribution in [3.05, 3.63) is 29.3 Å². The molecule has 0 saturated heterocycles. The lowest BCUT2D eigenvalue weighted by Gasteiger charge is -2.14. The summed E-state index contributed by atoms with van der Waals surface area (Å²) in [5.41, 5.74) is 1.74. The predicted octanol–water partition coefficient (Wildman–Crippen LogP) is 3.16. The van der Waals surface area contributed by atoms with E-state index in [9.17, 15) is 9.59 Å². The molecule has 1 unspecified atom stereocenters. The third kappa shape index (κ3) is 2.73. The molecule has 0 aromatic heterocycles. The van der Waals surface area contributed by atoms with Gasteiger partial charge in [0.25, 0.3) is 0 Å². The first kappa shape index (κ1) is 13.4. The number of rotatable bonds is 5. The number of carbonyl (C=O) groups excluding carboxylic acids is 2. The monoisotopic (exact) mass is 233 g/mol. The Bertz CT molecular complexity index is 438. The van der Waals surface area contributed by atoms with Crippen molar-refractivity contribution < 1.29 is 9.59 Å². The van der Waals surface area contributed by atoms with Gasteiger partial charge < -0.3 is 5.32 Å². The van der Waals surface area contributed by atoms with Gasteiger partial charge in [-0.25, -0.2) is 0 Å². The van der Waals surface area contributed by atoms with Crippen molar-refractivity contribution in [3.8, 4) is 0 Å². The van der Waals surface area contributed by atoms with Crippen molar-refractivity contribution in [2.24, 2.45) is 5.92 Å². The summed E-state index contributed by atoms with van der Waals surface area (Å²) in [6.45, 7) is 5.35. The molecule has 0 aliphatic heterocycles. The highest BCUT2D eigenvalue weighted by molar-refractivity contribution is 6.11. The number of nitrogens with one attached hydrogen (secondary N) is 1. The fraction of sp³-hybridized carbons (Fsp3) is 0.429. The number of benzene rings is 1. The quantitative estimate of drug-likeness (QED) is 0.794. The van der Waals surface area contributed by atoms with Crippen LogP contribution in [0.25, 0.3) is 0 Å². The van der Waals surface area contributed by atoms with Crippen LogP contribution < -0.4 is 5.32 Å². The van der Waals surface area contributed by atoms with Crippen LogP contribution in [-0.2, 0) is 0 Å². The normalized spacial score (nSPS) is 12.0. The number of carbonyl (C=O) groups is 2. The molecule has 17 heavy (non-hydrogen) atoms. The molecule has 0 heterocycles. The highest BCUT2D eigenvalue weighted by atomic mass is 16.1. The Labute approximate surface area is 102 Å². The van der Waals surface area contributed by atoms with Gasteiger partial charge in [0.15, 0.2) is 11.6 Å². The van der Waals surface area contributed by atoms with E-state index in [4.69, 9.17) is 0 Å². The SMILES string of the molecule is CCC(C)C(=O)c1cccc(NC)c1C(C)=O. The molecule has 0 aliphatic carbocycles. The molecule has 1 aromatic carbocycles. The average Bonchev–Trinajstić information content (AvgIpc) is 2.35. The van der Waals surface area contributed by atoms with Crippen LogP contribution in [0.2, 0.25) is 0 Å². The maximum absolute atomic E-state index is 12.2. The minimum atomic E-state index is -0.0818. The van der Waals surface area contributed by atoms with E-state index in [1.807, 2.05) is 19.9 Å². The van der Waals surface area contributed by atoms with Crippen LogP contribution in [0.15, 0.2) is 18.2 Å². The van der Waals surface area contributed by atoms with Crippen LogP contribution in [-0.4, -0.2) is 18.6 Å². The van der Waals surface area contributed by atoms with Crippen molar-refractivity contribution in [1.82, 2.24) is 0 Å². The first-order chi connectivity index (χ1) is 8.02. The molecule has 0 spiro atoms. The molecule has 0 fully saturated rings. The molecule has 1 N–H and O–H groups in total. The molecule has 0 bridgehead atoms. The van der Waals surface area contributed by atoms with Crippen LogP contribution >= 0.6 is 0 Å². The summed E-state index contributed by atoms with van der Waals surface area (Å²) in [5.74, 6) is -0.100. The molecule has 1 atom stereocenters. The lowest BCUT2D eigenvalue weighted by molar-refractivity contribution is 0.0916. The van der Waals surface area contributed by atoms with E-state index in [1.54, 1.807) is 19.2 Å². The lowest BCUT2D eigenvalue weighted by Crippen LogP contribution is -2.15. The predicted molar refractivity (Wildman–Crippen MR) is 69.8 cm³/mol. The van der Waals surface area contributed by atoms with Crippen LogP contribution in [0.1, 0.15) is 47.9 Å². The van der Waals surface area contributed by atoms with E-state index >= 15 is 0 Å². The van der Waals surface area contributed by atoms with E-state index < -0.39 is 0 Å². The van der Waals surface area contributed by atoms with Gasteiger partial charge in [0.2, 0.25) is 0 Å². The Kier molecular flexibility index (Phi) is 4.44. The molecule has 1 aromatic rings. The van der Waals surface area contributed by atoms with Gasteiger partial charge in [0.05, 0.1) is 5.56 Å². The molecule has 0 radical (unpaired) electrons. The zero-order valence-electron chi connectivity index (χ0n) is 10.8. The van der Waals surface area contributed by atoms with E-state index in [2.05, 4.69) is 5.32 Å². The van der Waals surface area contributed by atoms with E-state index in [0.717, 1.165) is 6.42 Å². The maximum atomic E-state index is 12.2. The first-order valence-corrected chi connectivity index (χ1v) is 5.88. The minimum absolute atomic E-state index is 0.0369. The second kappa shape index (κ2) is 5.62.